The number of hydrogen-bond donors (Lipinski definition) is 0. The number of methoxy groups -OCH3 is 1. The number of imidazole rings is 1. The van der Waals surface area contributed by atoms with E-state index in [4.69, 9.17) is 9.47 Å². The standard InChI is InChI=1S/C12H23N2O2.BrH/c1-3-4-5-13-6-7-14(12-13)8-9-16-11-10-15-2;/h6-7,12H,3-5,8-11H2,1-2H3;1H/q+1;/p-1. The van der Waals surface area contributed by atoms with E-state index in [0.29, 0.717) is 13.2 Å². The second kappa shape index (κ2) is 10.7. The van der Waals surface area contributed by atoms with Gasteiger partial charge in [-0.3, -0.25) is 0 Å². The second-order valence-electron chi connectivity index (χ2n) is 3.85. The highest BCUT2D eigenvalue weighted by Crippen LogP contribution is 1.89. The highest BCUT2D eigenvalue weighted by Gasteiger charge is 2.02. The van der Waals surface area contributed by atoms with E-state index in [0.717, 1.165) is 19.7 Å². The van der Waals surface area contributed by atoms with Crippen LogP contribution in [0.2, 0.25) is 0 Å². The molecule has 0 N–H and O–H groups in total. The predicted molar refractivity (Wildman–Crippen MR) is 62.2 cm³/mol. The first-order valence-electron chi connectivity index (χ1n) is 5.98. The third-order valence-corrected chi connectivity index (χ3v) is 2.44. The highest BCUT2D eigenvalue weighted by atomic mass is 79.9. The van der Waals surface area contributed by atoms with Crippen LogP contribution in [0.25, 0.3) is 0 Å². The Hall–Kier alpha value is -0.390. The summed E-state index contributed by atoms with van der Waals surface area (Å²) < 4.78 is 14.7. The van der Waals surface area contributed by atoms with Crippen LogP contribution in [0.3, 0.4) is 0 Å². The first-order valence-corrected chi connectivity index (χ1v) is 5.98. The van der Waals surface area contributed by atoms with Gasteiger partial charge in [-0.25, -0.2) is 9.13 Å². The fourth-order valence-corrected chi connectivity index (χ4v) is 1.46. The Balaban J connectivity index is 0.00000256. The van der Waals surface area contributed by atoms with Crippen LogP contribution in [0.5, 0.6) is 0 Å². The molecule has 0 saturated carbocycles. The maximum absolute atomic E-state index is 5.41. The summed E-state index contributed by atoms with van der Waals surface area (Å²) >= 11 is 0. The zero-order chi connectivity index (χ0) is 11.6. The smallest absolute Gasteiger partial charge is 0.243 e. The van der Waals surface area contributed by atoms with E-state index in [1.54, 1.807) is 7.11 Å². The van der Waals surface area contributed by atoms with Crippen molar-refractivity contribution in [2.24, 2.45) is 0 Å². The summed E-state index contributed by atoms with van der Waals surface area (Å²) in [5.41, 5.74) is 0. The molecule has 1 aromatic rings. The third-order valence-electron chi connectivity index (χ3n) is 2.44. The third kappa shape index (κ3) is 7.52. The van der Waals surface area contributed by atoms with E-state index in [1.807, 2.05) is 0 Å². The quantitative estimate of drug-likeness (QED) is 0.399. The van der Waals surface area contributed by atoms with E-state index in [1.165, 1.54) is 12.8 Å². The van der Waals surface area contributed by atoms with Crippen LogP contribution in [0.15, 0.2) is 18.7 Å². The van der Waals surface area contributed by atoms with Crippen LogP contribution in [0.4, 0.5) is 0 Å². The minimum atomic E-state index is 0. The van der Waals surface area contributed by atoms with Gasteiger partial charge in [-0.2, -0.15) is 0 Å². The van der Waals surface area contributed by atoms with Crippen LogP contribution >= 0.6 is 0 Å². The van der Waals surface area contributed by atoms with Crippen molar-refractivity contribution in [1.29, 1.82) is 0 Å². The number of nitrogens with zero attached hydrogens (tertiary/aromatic N) is 2. The Morgan fingerprint density at radius 3 is 2.76 bits per heavy atom. The lowest BCUT2D eigenvalue weighted by Gasteiger charge is -2.00. The summed E-state index contributed by atoms with van der Waals surface area (Å²) in [4.78, 5) is 0. The van der Waals surface area contributed by atoms with Crippen molar-refractivity contribution in [3.8, 4) is 0 Å². The van der Waals surface area contributed by atoms with Gasteiger partial charge in [-0.05, 0) is 6.42 Å². The van der Waals surface area contributed by atoms with Gasteiger partial charge in [0.05, 0.1) is 26.4 Å². The number of rotatable bonds is 9. The molecule has 0 radical (unpaired) electrons. The van der Waals surface area contributed by atoms with Crippen LogP contribution < -0.4 is 21.5 Å². The molecule has 0 aliphatic heterocycles. The highest BCUT2D eigenvalue weighted by molar-refractivity contribution is 4.65. The molecule has 0 aliphatic carbocycles. The van der Waals surface area contributed by atoms with Gasteiger partial charge in [0.25, 0.3) is 0 Å². The number of aryl methyl sites for hydroxylation is 1. The molecule has 1 aromatic heterocycles. The molecule has 100 valence electrons. The van der Waals surface area contributed by atoms with E-state index in [2.05, 4.69) is 34.8 Å². The van der Waals surface area contributed by atoms with Gasteiger partial charge in [0.15, 0.2) is 0 Å². The van der Waals surface area contributed by atoms with Gasteiger partial charge >= 0.3 is 0 Å². The summed E-state index contributed by atoms with van der Waals surface area (Å²) in [5.74, 6) is 0. The Morgan fingerprint density at radius 2 is 2.06 bits per heavy atom. The van der Waals surface area contributed by atoms with Crippen molar-refractivity contribution in [1.82, 2.24) is 4.57 Å². The average Bonchev–Trinajstić information content (AvgIpc) is 2.74. The van der Waals surface area contributed by atoms with E-state index in [9.17, 15) is 0 Å². The SMILES string of the molecule is CCCC[n+]1ccn(CCOCCOC)c1.[Br-]. The Morgan fingerprint density at radius 1 is 1.24 bits per heavy atom. The largest absolute Gasteiger partial charge is 1.00 e. The molecule has 0 atom stereocenters. The summed E-state index contributed by atoms with van der Waals surface area (Å²) in [5, 5.41) is 0. The minimum absolute atomic E-state index is 0. The van der Waals surface area contributed by atoms with Gasteiger partial charge in [-0.15, -0.1) is 0 Å². The summed E-state index contributed by atoms with van der Waals surface area (Å²) in [6.45, 7) is 6.31. The molecule has 1 rings (SSSR count). The first kappa shape index (κ1) is 16.6. The van der Waals surface area contributed by atoms with Crippen molar-refractivity contribution in [3.63, 3.8) is 0 Å². The fraction of sp³-hybridized carbons (Fsp3) is 0.750. The van der Waals surface area contributed by atoms with Crippen molar-refractivity contribution in [3.05, 3.63) is 18.7 Å². The zero-order valence-corrected chi connectivity index (χ0v) is 12.4. The van der Waals surface area contributed by atoms with Gasteiger partial charge in [-0.1, -0.05) is 13.3 Å². The molecule has 17 heavy (non-hydrogen) atoms. The zero-order valence-electron chi connectivity index (χ0n) is 10.8. The number of ether oxygens (including phenoxy) is 2. The Labute approximate surface area is 114 Å². The Kier molecular flexibility index (Phi) is 10.5. The average molecular weight is 307 g/mol. The molecule has 0 saturated heterocycles. The van der Waals surface area contributed by atoms with Crippen LogP contribution in [-0.2, 0) is 22.6 Å². The number of unbranched alkanes of at least 4 members (excludes halogenated alkanes) is 1. The van der Waals surface area contributed by atoms with Gasteiger partial charge in [0.2, 0.25) is 6.33 Å². The fourth-order valence-electron chi connectivity index (χ4n) is 1.46. The van der Waals surface area contributed by atoms with Crippen molar-refractivity contribution in [2.75, 3.05) is 26.9 Å². The Bertz CT molecular complexity index is 279. The molecule has 1 heterocycles. The molecule has 0 unspecified atom stereocenters. The van der Waals surface area contributed by atoms with Gasteiger partial charge in [0.1, 0.15) is 18.9 Å². The lowest BCUT2D eigenvalue weighted by Crippen LogP contribution is -3.00. The molecule has 5 heteroatoms. The topological polar surface area (TPSA) is 27.3 Å². The monoisotopic (exact) mass is 306 g/mol. The van der Waals surface area contributed by atoms with E-state index >= 15 is 0 Å². The summed E-state index contributed by atoms with van der Waals surface area (Å²) in [6, 6.07) is 0. The lowest BCUT2D eigenvalue weighted by molar-refractivity contribution is -0.696. The molecular formula is C12H23BrN2O2. The van der Waals surface area contributed by atoms with E-state index in [-0.39, 0.29) is 17.0 Å². The molecule has 0 bridgehead atoms. The molecule has 0 aromatic carbocycles. The van der Waals surface area contributed by atoms with E-state index < -0.39 is 0 Å². The summed E-state index contributed by atoms with van der Waals surface area (Å²) in [7, 11) is 1.69. The molecular weight excluding hydrogens is 284 g/mol. The molecule has 0 spiro atoms. The maximum atomic E-state index is 5.41. The van der Waals surface area contributed by atoms with Crippen molar-refractivity contribution < 1.29 is 31.0 Å². The molecule has 4 nitrogen and oxygen atoms in total. The lowest BCUT2D eigenvalue weighted by atomic mass is 10.3. The normalized spacial score (nSPS) is 10.2. The molecule has 0 amide bonds. The number of aromatic nitrogens is 2. The maximum Gasteiger partial charge on any atom is 0.243 e. The number of hydrogen-bond acceptors (Lipinski definition) is 2. The predicted octanol–water partition coefficient (Wildman–Crippen LogP) is -1.76. The summed E-state index contributed by atoms with van der Waals surface area (Å²) in [6.07, 6.45) is 8.81. The van der Waals surface area contributed by atoms with Crippen LogP contribution in [0.1, 0.15) is 19.8 Å². The van der Waals surface area contributed by atoms with Crippen molar-refractivity contribution in [2.45, 2.75) is 32.9 Å². The second-order valence-corrected chi connectivity index (χ2v) is 3.85. The molecule has 0 aliphatic rings. The van der Waals surface area contributed by atoms with Crippen molar-refractivity contribution >= 4 is 0 Å². The van der Waals surface area contributed by atoms with Gasteiger partial charge < -0.3 is 26.5 Å². The number of halogens is 1. The van der Waals surface area contributed by atoms with Crippen LogP contribution in [0, 0.1) is 0 Å². The first-order chi connectivity index (χ1) is 7.86. The minimum Gasteiger partial charge on any atom is -1.00 e. The van der Waals surface area contributed by atoms with Gasteiger partial charge in [0, 0.05) is 7.11 Å². The molecule has 0 fully saturated rings. The van der Waals surface area contributed by atoms with Crippen LogP contribution in [-0.4, -0.2) is 31.5 Å².